The quantitative estimate of drug-likeness (QED) is 0.822. The summed E-state index contributed by atoms with van der Waals surface area (Å²) in [7, 11) is 0. The van der Waals surface area contributed by atoms with Crippen LogP contribution in [0.2, 0.25) is 0 Å². The molecule has 1 heterocycles. The molecule has 1 aromatic heterocycles. The average Bonchev–Trinajstić information content (AvgIpc) is 2.67. The number of aliphatic hydroxyl groups is 1. The highest BCUT2D eigenvalue weighted by Crippen LogP contribution is 2.25. The zero-order valence-corrected chi connectivity index (χ0v) is 10.2. The molecular formula is C14H17NO2. The Labute approximate surface area is 101 Å². The fourth-order valence-electron chi connectivity index (χ4n) is 2.25. The van der Waals surface area contributed by atoms with Gasteiger partial charge in [-0.1, -0.05) is 18.2 Å². The summed E-state index contributed by atoms with van der Waals surface area (Å²) < 4.78 is 2.07. The predicted octanol–water partition coefficient (Wildman–Crippen LogP) is 2.53. The first-order valence-corrected chi connectivity index (χ1v) is 5.85. The van der Waals surface area contributed by atoms with Crippen molar-refractivity contribution in [3.05, 3.63) is 35.5 Å². The Kier molecular flexibility index (Phi) is 3.29. The maximum atomic E-state index is 11.6. The lowest BCUT2D eigenvalue weighted by molar-refractivity contribution is 0.101. The van der Waals surface area contributed by atoms with E-state index in [1.54, 1.807) is 6.92 Å². The first kappa shape index (κ1) is 11.9. The summed E-state index contributed by atoms with van der Waals surface area (Å²) in [5.41, 5.74) is 3.03. The number of carbonyl (C=O) groups is 1. The second kappa shape index (κ2) is 4.72. The third-order valence-corrected chi connectivity index (χ3v) is 3.04. The topological polar surface area (TPSA) is 42.2 Å². The van der Waals surface area contributed by atoms with Gasteiger partial charge in [0.05, 0.1) is 5.52 Å². The summed E-state index contributed by atoms with van der Waals surface area (Å²) in [6.07, 6.45) is 2.60. The number of Topliss-reactive ketones (excluding diaryl/α,β-unsaturated/α-hetero) is 1. The van der Waals surface area contributed by atoms with Crippen molar-refractivity contribution in [1.82, 2.24) is 4.57 Å². The fourth-order valence-corrected chi connectivity index (χ4v) is 2.25. The van der Waals surface area contributed by atoms with Gasteiger partial charge in [-0.25, -0.2) is 0 Å². The van der Waals surface area contributed by atoms with E-state index in [0.717, 1.165) is 28.6 Å². The molecule has 0 fully saturated rings. The van der Waals surface area contributed by atoms with Gasteiger partial charge in [-0.05, 0) is 25.8 Å². The van der Waals surface area contributed by atoms with Crippen LogP contribution in [-0.4, -0.2) is 22.1 Å². The molecule has 0 atom stereocenters. The minimum atomic E-state index is 0.0864. The second-order valence-corrected chi connectivity index (χ2v) is 4.34. The standard InChI is InChI=1S/C14H17NO2/c1-10-5-3-6-12-13(11(2)17)9-15(14(10)12)7-4-8-16/h3,5-6,9,16H,4,7-8H2,1-2H3. The SMILES string of the molecule is CC(=O)c1cn(CCCO)c2c(C)cccc12. The minimum Gasteiger partial charge on any atom is -0.396 e. The number of ketones is 1. The highest BCUT2D eigenvalue weighted by atomic mass is 16.3. The van der Waals surface area contributed by atoms with E-state index >= 15 is 0 Å². The molecule has 0 bridgehead atoms. The van der Waals surface area contributed by atoms with Gasteiger partial charge >= 0.3 is 0 Å². The van der Waals surface area contributed by atoms with Gasteiger partial charge in [-0.3, -0.25) is 4.79 Å². The van der Waals surface area contributed by atoms with Crippen LogP contribution in [0.5, 0.6) is 0 Å². The Bertz CT molecular complexity index is 555. The minimum absolute atomic E-state index is 0.0864. The highest BCUT2D eigenvalue weighted by molar-refractivity contribution is 6.07. The number of aromatic nitrogens is 1. The van der Waals surface area contributed by atoms with Crippen molar-refractivity contribution in [2.75, 3.05) is 6.61 Å². The first-order valence-electron chi connectivity index (χ1n) is 5.85. The smallest absolute Gasteiger partial charge is 0.161 e. The van der Waals surface area contributed by atoms with Crippen LogP contribution >= 0.6 is 0 Å². The Morgan fingerprint density at radius 1 is 1.41 bits per heavy atom. The molecule has 0 aliphatic heterocycles. The lowest BCUT2D eigenvalue weighted by Gasteiger charge is -2.05. The van der Waals surface area contributed by atoms with Gasteiger partial charge < -0.3 is 9.67 Å². The number of rotatable bonds is 4. The fraction of sp³-hybridized carbons (Fsp3) is 0.357. The van der Waals surface area contributed by atoms with Crippen LogP contribution in [-0.2, 0) is 6.54 Å². The second-order valence-electron chi connectivity index (χ2n) is 4.34. The molecule has 0 aliphatic carbocycles. The molecule has 2 rings (SSSR count). The van der Waals surface area contributed by atoms with Gasteiger partial charge in [-0.2, -0.15) is 0 Å². The highest BCUT2D eigenvalue weighted by Gasteiger charge is 2.12. The van der Waals surface area contributed by atoms with Crippen LogP contribution in [0.15, 0.2) is 24.4 Å². The number of aryl methyl sites for hydroxylation is 2. The van der Waals surface area contributed by atoms with Crippen molar-refractivity contribution in [3.8, 4) is 0 Å². The summed E-state index contributed by atoms with van der Waals surface area (Å²) in [4.78, 5) is 11.6. The van der Waals surface area contributed by atoms with E-state index < -0.39 is 0 Å². The summed E-state index contributed by atoms with van der Waals surface area (Å²) >= 11 is 0. The number of aliphatic hydroxyl groups excluding tert-OH is 1. The maximum absolute atomic E-state index is 11.6. The normalized spacial score (nSPS) is 11.0. The van der Waals surface area contributed by atoms with E-state index in [9.17, 15) is 4.79 Å². The molecule has 0 saturated carbocycles. The van der Waals surface area contributed by atoms with E-state index in [1.807, 2.05) is 31.3 Å². The third-order valence-electron chi connectivity index (χ3n) is 3.04. The van der Waals surface area contributed by atoms with E-state index in [-0.39, 0.29) is 12.4 Å². The van der Waals surface area contributed by atoms with Gasteiger partial charge in [0.2, 0.25) is 0 Å². The molecule has 0 saturated heterocycles. The van der Waals surface area contributed by atoms with Crippen LogP contribution in [0.3, 0.4) is 0 Å². The summed E-state index contributed by atoms with van der Waals surface area (Å²) in [6.45, 7) is 4.54. The molecule has 3 heteroatoms. The predicted molar refractivity (Wildman–Crippen MR) is 68.4 cm³/mol. The van der Waals surface area contributed by atoms with Gasteiger partial charge in [0.1, 0.15) is 0 Å². The number of para-hydroxylation sites is 1. The van der Waals surface area contributed by atoms with E-state index in [1.165, 1.54) is 0 Å². The van der Waals surface area contributed by atoms with Crippen molar-refractivity contribution >= 4 is 16.7 Å². The molecule has 0 spiro atoms. The zero-order chi connectivity index (χ0) is 12.4. The van der Waals surface area contributed by atoms with Gasteiger partial charge in [0.25, 0.3) is 0 Å². The van der Waals surface area contributed by atoms with E-state index in [2.05, 4.69) is 4.57 Å². The molecular weight excluding hydrogens is 214 g/mol. The molecule has 90 valence electrons. The summed E-state index contributed by atoms with van der Waals surface area (Å²) in [5.74, 6) is 0.0864. The van der Waals surface area contributed by atoms with Crippen molar-refractivity contribution in [2.45, 2.75) is 26.8 Å². The molecule has 0 aliphatic rings. The van der Waals surface area contributed by atoms with Crippen LogP contribution in [0.4, 0.5) is 0 Å². The number of nitrogens with zero attached hydrogens (tertiary/aromatic N) is 1. The average molecular weight is 231 g/mol. The maximum Gasteiger partial charge on any atom is 0.161 e. The number of carbonyl (C=O) groups excluding carboxylic acids is 1. The molecule has 1 aromatic carbocycles. The molecule has 1 N–H and O–H groups in total. The largest absolute Gasteiger partial charge is 0.396 e. The molecule has 0 radical (unpaired) electrons. The lowest BCUT2D eigenvalue weighted by atomic mass is 10.1. The Hall–Kier alpha value is -1.61. The van der Waals surface area contributed by atoms with Gasteiger partial charge in [-0.15, -0.1) is 0 Å². The number of hydrogen-bond acceptors (Lipinski definition) is 2. The third kappa shape index (κ3) is 2.11. The molecule has 17 heavy (non-hydrogen) atoms. The molecule has 2 aromatic rings. The van der Waals surface area contributed by atoms with Crippen LogP contribution in [0, 0.1) is 6.92 Å². The number of fused-ring (bicyclic) bond motifs is 1. The monoisotopic (exact) mass is 231 g/mol. The Morgan fingerprint density at radius 3 is 2.82 bits per heavy atom. The molecule has 3 nitrogen and oxygen atoms in total. The van der Waals surface area contributed by atoms with Gasteiger partial charge in [0.15, 0.2) is 5.78 Å². The number of benzene rings is 1. The van der Waals surface area contributed by atoms with E-state index in [0.29, 0.717) is 6.42 Å². The summed E-state index contributed by atoms with van der Waals surface area (Å²) in [6, 6.07) is 6.00. The zero-order valence-electron chi connectivity index (χ0n) is 10.2. The lowest BCUT2D eigenvalue weighted by Crippen LogP contribution is -1.99. The first-order chi connectivity index (χ1) is 8.15. The van der Waals surface area contributed by atoms with Crippen molar-refractivity contribution < 1.29 is 9.90 Å². The van der Waals surface area contributed by atoms with E-state index in [4.69, 9.17) is 5.11 Å². The molecule has 0 unspecified atom stereocenters. The summed E-state index contributed by atoms with van der Waals surface area (Å²) in [5, 5.41) is 9.91. The number of hydrogen-bond donors (Lipinski definition) is 1. The van der Waals surface area contributed by atoms with Crippen molar-refractivity contribution in [2.24, 2.45) is 0 Å². The Balaban J connectivity index is 2.63. The van der Waals surface area contributed by atoms with Crippen LogP contribution in [0.25, 0.3) is 10.9 Å². The van der Waals surface area contributed by atoms with Gasteiger partial charge in [0, 0.05) is 30.3 Å². The Morgan fingerprint density at radius 2 is 2.18 bits per heavy atom. The van der Waals surface area contributed by atoms with Crippen molar-refractivity contribution in [3.63, 3.8) is 0 Å². The van der Waals surface area contributed by atoms with Crippen molar-refractivity contribution in [1.29, 1.82) is 0 Å². The molecule has 0 amide bonds. The van der Waals surface area contributed by atoms with Crippen LogP contribution < -0.4 is 0 Å². The van der Waals surface area contributed by atoms with Crippen LogP contribution in [0.1, 0.15) is 29.3 Å².